The van der Waals surface area contributed by atoms with Crippen molar-refractivity contribution in [3.63, 3.8) is 0 Å². The molecule has 0 aliphatic carbocycles. The average Bonchev–Trinajstić information content (AvgIpc) is 2.38. The van der Waals surface area contributed by atoms with Crippen molar-refractivity contribution in [1.82, 2.24) is 14.8 Å². The molecule has 0 atom stereocenters. The normalized spacial score (nSPS) is 16.5. The van der Waals surface area contributed by atoms with Gasteiger partial charge in [0, 0.05) is 38.4 Å². The van der Waals surface area contributed by atoms with Gasteiger partial charge >= 0.3 is 0 Å². The summed E-state index contributed by atoms with van der Waals surface area (Å²) in [5.41, 5.74) is -0.0672. The Morgan fingerprint density at radius 2 is 1.95 bits per heavy atom. The molecule has 1 aromatic rings. The van der Waals surface area contributed by atoms with Crippen LogP contribution in [0.3, 0.4) is 0 Å². The van der Waals surface area contributed by atoms with Crippen molar-refractivity contribution in [3.8, 4) is 0 Å². The van der Waals surface area contributed by atoms with Crippen LogP contribution in [0.5, 0.6) is 0 Å². The largest absolute Gasteiger partial charge is 0.338 e. The van der Waals surface area contributed by atoms with E-state index in [9.17, 15) is 9.59 Å². The zero-order chi connectivity index (χ0) is 14.0. The van der Waals surface area contributed by atoms with Crippen molar-refractivity contribution >= 4 is 5.91 Å². The van der Waals surface area contributed by atoms with Crippen molar-refractivity contribution in [1.29, 1.82) is 0 Å². The monoisotopic (exact) mass is 263 g/mol. The van der Waals surface area contributed by atoms with Crippen molar-refractivity contribution in [3.05, 3.63) is 34.2 Å². The molecule has 1 N–H and O–H groups in total. The third-order valence-corrected chi connectivity index (χ3v) is 3.60. The lowest BCUT2D eigenvalue weighted by Gasteiger charge is -2.35. The first-order valence-electron chi connectivity index (χ1n) is 6.63. The Bertz CT molecular complexity index is 528. The molecule has 1 aromatic heterocycles. The summed E-state index contributed by atoms with van der Waals surface area (Å²) in [6.45, 7) is 8.49. The molecule has 0 radical (unpaired) electrons. The number of piperazine rings is 1. The molecule has 5 nitrogen and oxygen atoms in total. The molecule has 0 unspecified atom stereocenters. The summed E-state index contributed by atoms with van der Waals surface area (Å²) >= 11 is 0. The molecule has 0 spiro atoms. The van der Waals surface area contributed by atoms with Gasteiger partial charge in [-0.25, -0.2) is 0 Å². The van der Waals surface area contributed by atoms with E-state index >= 15 is 0 Å². The number of carbonyl (C=O) groups is 1. The van der Waals surface area contributed by atoms with E-state index in [1.54, 1.807) is 26.1 Å². The first-order valence-corrected chi connectivity index (χ1v) is 6.63. The van der Waals surface area contributed by atoms with Gasteiger partial charge in [0.1, 0.15) is 5.54 Å². The Labute approximate surface area is 113 Å². The highest BCUT2D eigenvalue weighted by atomic mass is 16.2. The summed E-state index contributed by atoms with van der Waals surface area (Å²) in [4.78, 5) is 26.5. The predicted octanol–water partition coefficient (Wildman–Crippen LogP) is 0.324. The van der Waals surface area contributed by atoms with Crippen LogP contribution in [0.15, 0.2) is 23.1 Å². The van der Waals surface area contributed by atoms with E-state index in [-0.39, 0.29) is 11.5 Å². The Morgan fingerprint density at radius 3 is 2.53 bits per heavy atom. The smallest absolute Gasteiger partial charge is 0.251 e. The molecule has 0 saturated carbocycles. The van der Waals surface area contributed by atoms with E-state index in [2.05, 4.69) is 5.32 Å². The highest BCUT2D eigenvalue weighted by Gasteiger charge is 2.34. The van der Waals surface area contributed by atoms with Gasteiger partial charge in [-0.3, -0.25) is 9.59 Å². The predicted molar refractivity (Wildman–Crippen MR) is 74.2 cm³/mol. The van der Waals surface area contributed by atoms with Crippen LogP contribution < -0.4 is 10.9 Å². The van der Waals surface area contributed by atoms with Crippen LogP contribution in [-0.2, 0) is 10.3 Å². The van der Waals surface area contributed by atoms with Crippen LogP contribution in [0, 0.1) is 6.92 Å². The first-order chi connectivity index (χ1) is 8.93. The van der Waals surface area contributed by atoms with Crippen molar-refractivity contribution < 1.29 is 4.79 Å². The lowest BCUT2D eigenvalue weighted by atomic mass is 10.0. The van der Waals surface area contributed by atoms with Crippen LogP contribution in [0.2, 0.25) is 0 Å². The SMILES string of the molecule is Cc1ccn(C(C)(C)C(=O)N2CCNCC2)c(=O)c1. The zero-order valence-corrected chi connectivity index (χ0v) is 11.8. The fourth-order valence-corrected chi connectivity index (χ4v) is 2.40. The van der Waals surface area contributed by atoms with E-state index in [1.807, 2.05) is 17.9 Å². The molecule has 19 heavy (non-hydrogen) atoms. The van der Waals surface area contributed by atoms with E-state index in [1.165, 1.54) is 4.57 Å². The standard InChI is InChI=1S/C14H21N3O2/c1-11-4-7-17(12(18)10-11)14(2,3)13(19)16-8-5-15-6-9-16/h4,7,10,15H,5-6,8-9H2,1-3H3. The number of pyridine rings is 1. The third kappa shape index (κ3) is 2.71. The molecule has 2 rings (SSSR count). The Hall–Kier alpha value is -1.62. The summed E-state index contributed by atoms with van der Waals surface area (Å²) < 4.78 is 1.52. The van der Waals surface area contributed by atoms with Crippen molar-refractivity contribution in [2.45, 2.75) is 26.3 Å². The van der Waals surface area contributed by atoms with Gasteiger partial charge in [0.05, 0.1) is 0 Å². The number of carbonyl (C=O) groups excluding carboxylic acids is 1. The lowest BCUT2D eigenvalue weighted by Crippen LogP contribution is -2.55. The van der Waals surface area contributed by atoms with Gasteiger partial charge in [-0.05, 0) is 32.4 Å². The molecule has 1 saturated heterocycles. The number of rotatable bonds is 2. The maximum Gasteiger partial charge on any atom is 0.251 e. The summed E-state index contributed by atoms with van der Waals surface area (Å²) in [5, 5.41) is 3.22. The summed E-state index contributed by atoms with van der Waals surface area (Å²) in [6, 6.07) is 3.42. The van der Waals surface area contributed by atoms with Crippen LogP contribution in [0.25, 0.3) is 0 Å². The molecule has 104 valence electrons. The summed E-state index contributed by atoms with van der Waals surface area (Å²) in [5.74, 6) is -0.0000435. The molecule has 2 heterocycles. The quantitative estimate of drug-likeness (QED) is 0.836. The van der Waals surface area contributed by atoms with Crippen molar-refractivity contribution in [2.24, 2.45) is 0 Å². The molecule has 0 aromatic carbocycles. The minimum atomic E-state index is -0.845. The number of nitrogens with one attached hydrogen (secondary N) is 1. The Morgan fingerprint density at radius 1 is 1.32 bits per heavy atom. The second kappa shape index (κ2) is 5.17. The first kappa shape index (κ1) is 13.8. The Kier molecular flexibility index (Phi) is 3.75. The summed E-state index contributed by atoms with van der Waals surface area (Å²) in [6.07, 6.45) is 1.71. The molecule has 1 fully saturated rings. The van der Waals surface area contributed by atoms with Gasteiger partial charge < -0.3 is 14.8 Å². The van der Waals surface area contributed by atoms with Gasteiger partial charge in [-0.2, -0.15) is 0 Å². The zero-order valence-electron chi connectivity index (χ0n) is 11.8. The highest BCUT2D eigenvalue weighted by Crippen LogP contribution is 2.17. The van der Waals surface area contributed by atoms with Crippen LogP contribution in [0.1, 0.15) is 19.4 Å². The van der Waals surface area contributed by atoms with Crippen molar-refractivity contribution in [2.75, 3.05) is 26.2 Å². The molecule has 1 aliphatic rings. The van der Waals surface area contributed by atoms with E-state index < -0.39 is 5.54 Å². The summed E-state index contributed by atoms with van der Waals surface area (Å²) in [7, 11) is 0. The second-order valence-electron chi connectivity index (χ2n) is 5.51. The maximum atomic E-state index is 12.6. The topological polar surface area (TPSA) is 54.3 Å². The van der Waals surface area contributed by atoms with Crippen LogP contribution >= 0.6 is 0 Å². The average molecular weight is 263 g/mol. The molecule has 5 heteroatoms. The fourth-order valence-electron chi connectivity index (χ4n) is 2.40. The van der Waals surface area contributed by atoms with Crippen LogP contribution in [-0.4, -0.2) is 41.6 Å². The third-order valence-electron chi connectivity index (χ3n) is 3.60. The molecule has 1 amide bonds. The minimum absolute atomic E-state index is 0.0000435. The minimum Gasteiger partial charge on any atom is -0.338 e. The van der Waals surface area contributed by atoms with E-state index in [0.717, 1.165) is 18.7 Å². The highest BCUT2D eigenvalue weighted by molar-refractivity contribution is 5.83. The van der Waals surface area contributed by atoms with E-state index in [0.29, 0.717) is 13.1 Å². The molecular weight excluding hydrogens is 242 g/mol. The van der Waals surface area contributed by atoms with Gasteiger partial charge in [-0.15, -0.1) is 0 Å². The van der Waals surface area contributed by atoms with Gasteiger partial charge in [0.15, 0.2) is 0 Å². The van der Waals surface area contributed by atoms with Gasteiger partial charge in [0.25, 0.3) is 5.56 Å². The number of aryl methyl sites for hydroxylation is 1. The van der Waals surface area contributed by atoms with Crippen LogP contribution in [0.4, 0.5) is 0 Å². The van der Waals surface area contributed by atoms with E-state index in [4.69, 9.17) is 0 Å². The van der Waals surface area contributed by atoms with Gasteiger partial charge in [-0.1, -0.05) is 0 Å². The molecule has 1 aliphatic heterocycles. The Balaban J connectivity index is 2.30. The molecular formula is C14H21N3O2. The molecule has 0 bridgehead atoms. The number of hydrogen-bond acceptors (Lipinski definition) is 3. The number of aromatic nitrogens is 1. The maximum absolute atomic E-state index is 12.6. The fraction of sp³-hybridized carbons (Fsp3) is 0.571. The van der Waals surface area contributed by atoms with Gasteiger partial charge in [0.2, 0.25) is 5.91 Å². The number of nitrogens with zero attached hydrogens (tertiary/aromatic N) is 2. The lowest BCUT2D eigenvalue weighted by molar-refractivity contribution is -0.140. The second-order valence-corrected chi connectivity index (χ2v) is 5.51. The number of amides is 1. The number of hydrogen-bond donors (Lipinski definition) is 1.